The van der Waals surface area contributed by atoms with Gasteiger partial charge in [-0.15, -0.1) is 0 Å². The van der Waals surface area contributed by atoms with Crippen molar-refractivity contribution in [2.45, 2.75) is 19.3 Å². The van der Waals surface area contributed by atoms with E-state index >= 15 is 0 Å². The number of hydrogen-bond acceptors (Lipinski definition) is 2. The number of rotatable bonds is 7. The zero-order chi connectivity index (χ0) is 38.8. The van der Waals surface area contributed by atoms with Crippen LogP contribution in [0, 0.1) is 0 Å². The summed E-state index contributed by atoms with van der Waals surface area (Å²) < 4.78 is 2.47. The van der Waals surface area contributed by atoms with E-state index in [1.54, 1.807) is 0 Å². The van der Waals surface area contributed by atoms with Crippen LogP contribution in [0.4, 0.5) is 34.1 Å². The number of para-hydroxylation sites is 4. The standard InChI is InChI=1S/C55H41N3/c1-55(2)46-31-18-17-30-45(46)52-47(55)32-19-33-48(52)57(41-25-11-5-12-26-41)50-36-43(56(39-21-7-3-8-22-39)40-23-9-4-10-24-40)37-51-54(50)53-44-29-16-15-20-38(44)34-35-49(53)58(51)42-27-13-6-14-28-42/h3-37H,1-2H3. The zero-order valence-electron chi connectivity index (χ0n) is 32.5. The van der Waals surface area contributed by atoms with Gasteiger partial charge in [-0.25, -0.2) is 0 Å². The maximum atomic E-state index is 2.54. The molecule has 0 N–H and O–H groups in total. The molecule has 1 aliphatic carbocycles. The van der Waals surface area contributed by atoms with Gasteiger partial charge in [0, 0.05) is 44.5 Å². The summed E-state index contributed by atoms with van der Waals surface area (Å²) in [5, 5.41) is 4.88. The summed E-state index contributed by atoms with van der Waals surface area (Å²) in [6, 6.07) is 77.4. The van der Waals surface area contributed by atoms with Crippen LogP contribution in [0.5, 0.6) is 0 Å². The monoisotopic (exact) mass is 743 g/mol. The molecule has 0 saturated heterocycles. The van der Waals surface area contributed by atoms with Gasteiger partial charge in [0.1, 0.15) is 0 Å². The Bertz CT molecular complexity index is 3090. The molecule has 0 fully saturated rings. The molecule has 0 atom stereocenters. The minimum absolute atomic E-state index is 0.154. The van der Waals surface area contributed by atoms with E-state index < -0.39 is 0 Å². The first-order valence-electron chi connectivity index (χ1n) is 20.1. The van der Waals surface area contributed by atoms with Crippen molar-refractivity contribution < 1.29 is 0 Å². The van der Waals surface area contributed by atoms with E-state index in [1.165, 1.54) is 49.3 Å². The summed E-state index contributed by atoms with van der Waals surface area (Å²) in [5.74, 6) is 0. The Hall–Kier alpha value is -7.36. The quantitative estimate of drug-likeness (QED) is 0.161. The van der Waals surface area contributed by atoms with Crippen LogP contribution in [0.15, 0.2) is 212 Å². The second kappa shape index (κ2) is 13.4. The fraction of sp³-hybridized carbons (Fsp3) is 0.0545. The number of aromatic nitrogens is 1. The van der Waals surface area contributed by atoms with E-state index in [1.807, 2.05) is 0 Å². The summed E-state index contributed by atoms with van der Waals surface area (Å²) in [6.45, 7) is 4.73. The van der Waals surface area contributed by atoms with Gasteiger partial charge in [-0.2, -0.15) is 0 Å². The van der Waals surface area contributed by atoms with Crippen LogP contribution in [0.1, 0.15) is 25.0 Å². The van der Waals surface area contributed by atoms with Crippen molar-refractivity contribution in [3.05, 3.63) is 223 Å². The van der Waals surface area contributed by atoms with Crippen LogP contribution in [0.3, 0.4) is 0 Å². The van der Waals surface area contributed by atoms with E-state index in [0.717, 1.165) is 45.3 Å². The molecule has 1 heterocycles. The molecule has 1 aromatic heterocycles. The number of fused-ring (bicyclic) bond motifs is 8. The van der Waals surface area contributed by atoms with Crippen molar-refractivity contribution >= 4 is 66.7 Å². The second-order valence-corrected chi connectivity index (χ2v) is 15.8. The van der Waals surface area contributed by atoms with Gasteiger partial charge < -0.3 is 14.4 Å². The average Bonchev–Trinajstić information content (AvgIpc) is 3.74. The highest BCUT2D eigenvalue weighted by atomic mass is 15.2. The Kier molecular flexibility index (Phi) is 7.84. The van der Waals surface area contributed by atoms with Crippen LogP contribution in [0.2, 0.25) is 0 Å². The van der Waals surface area contributed by atoms with Crippen molar-refractivity contribution in [2.75, 3.05) is 9.80 Å². The molecule has 0 saturated carbocycles. The van der Waals surface area contributed by atoms with Crippen LogP contribution >= 0.6 is 0 Å². The number of benzene rings is 9. The third-order valence-corrected chi connectivity index (χ3v) is 12.1. The van der Waals surface area contributed by atoms with Crippen molar-refractivity contribution in [3.63, 3.8) is 0 Å². The molecular formula is C55H41N3. The minimum Gasteiger partial charge on any atom is -0.310 e. The van der Waals surface area contributed by atoms with E-state index in [2.05, 4.69) is 241 Å². The predicted octanol–water partition coefficient (Wildman–Crippen LogP) is 15.2. The minimum atomic E-state index is -0.154. The molecule has 0 aliphatic heterocycles. The summed E-state index contributed by atoms with van der Waals surface area (Å²) in [5.41, 5.74) is 15.2. The van der Waals surface area contributed by atoms with Crippen LogP contribution in [0.25, 0.3) is 49.4 Å². The zero-order valence-corrected chi connectivity index (χ0v) is 32.5. The molecule has 0 unspecified atom stereocenters. The first-order valence-corrected chi connectivity index (χ1v) is 20.1. The van der Waals surface area contributed by atoms with E-state index in [-0.39, 0.29) is 5.41 Å². The molecule has 9 aromatic carbocycles. The van der Waals surface area contributed by atoms with Crippen LogP contribution in [-0.2, 0) is 5.41 Å². The Morgan fingerprint density at radius 1 is 0.397 bits per heavy atom. The summed E-state index contributed by atoms with van der Waals surface area (Å²) >= 11 is 0. The van der Waals surface area contributed by atoms with E-state index in [0.29, 0.717) is 0 Å². The molecule has 10 aromatic rings. The summed E-state index contributed by atoms with van der Waals surface area (Å²) in [7, 11) is 0. The van der Waals surface area contributed by atoms with Gasteiger partial charge in [-0.3, -0.25) is 0 Å². The highest BCUT2D eigenvalue weighted by Crippen LogP contribution is 2.56. The molecule has 3 nitrogen and oxygen atoms in total. The SMILES string of the molecule is CC1(C)c2ccccc2-c2c(N(c3ccccc3)c3cc(N(c4ccccc4)c4ccccc4)cc4c3c3c5ccccc5ccc3n4-c3ccccc3)cccc21. The van der Waals surface area contributed by atoms with Crippen molar-refractivity contribution in [1.82, 2.24) is 4.57 Å². The van der Waals surface area contributed by atoms with Gasteiger partial charge in [0.15, 0.2) is 0 Å². The lowest BCUT2D eigenvalue weighted by molar-refractivity contribution is 0.660. The molecule has 0 bridgehead atoms. The first-order chi connectivity index (χ1) is 28.6. The Balaban J connectivity index is 1.35. The fourth-order valence-corrected chi connectivity index (χ4v) is 9.54. The molecule has 0 amide bonds. The Labute approximate surface area is 339 Å². The van der Waals surface area contributed by atoms with Crippen molar-refractivity contribution in [2.24, 2.45) is 0 Å². The molecule has 1 aliphatic rings. The molecule has 58 heavy (non-hydrogen) atoms. The first kappa shape index (κ1) is 33.9. The van der Waals surface area contributed by atoms with Crippen molar-refractivity contribution in [1.29, 1.82) is 0 Å². The van der Waals surface area contributed by atoms with Gasteiger partial charge >= 0.3 is 0 Å². The molecule has 3 heteroatoms. The third kappa shape index (κ3) is 5.20. The Morgan fingerprint density at radius 3 is 1.66 bits per heavy atom. The Morgan fingerprint density at radius 2 is 0.966 bits per heavy atom. The highest BCUT2D eigenvalue weighted by Gasteiger charge is 2.38. The molecule has 11 rings (SSSR count). The summed E-state index contributed by atoms with van der Waals surface area (Å²) in [4.78, 5) is 4.93. The average molecular weight is 744 g/mol. The second-order valence-electron chi connectivity index (χ2n) is 15.8. The largest absolute Gasteiger partial charge is 0.310 e. The lowest BCUT2D eigenvalue weighted by Crippen LogP contribution is -2.16. The maximum Gasteiger partial charge on any atom is 0.0583 e. The third-order valence-electron chi connectivity index (χ3n) is 12.1. The molecule has 276 valence electrons. The lowest BCUT2D eigenvalue weighted by Gasteiger charge is -2.32. The number of anilines is 6. The van der Waals surface area contributed by atoms with Gasteiger partial charge in [0.05, 0.1) is 28.1 Å². The molecule has 0 spiro atoms. The van der Waals surface area contributed by atoms with Crippen LogP contribution in [-0.4, -0.2) is 4.57 Å². The number of hydrogen-bond donors (Lipinski definition) is 0. The van der Waals surface area contributed by atoms with Crippen molar-refractivity contribution in [3.8, 4) is 16.8 Å². The summed E-state index contributed by atoms with van der Waals surface area (Å²) in [6.07, 6.45) is 0. The fourth-order valence-electron chi connectivity index (χ4n) is 9.54. The molecular weight excluding hydrogens is 703 g/mol. The maximum absolute atomic E-state index is 2.54. The predicted molar refractivity (Wildman–Crippen MR) is 245 cm³/mol. The number of nitrogens with zero attached hydrogens (tertiary/aromatic N) is 3. The van der Waals surface area contributed by atoms with Gasteiger partial charge in [0.25, 0.3) is 0 Å². The normalized spacial score (nSPS) is 12.8. The van der Waals surface area contributed by atoms with Gasteiger partial charge in [0.2, 0.25) is 0 Å². The highest BCUT2D eigenvalue weighted by molar-refractivity contribution is 6.26. The smallest absolute Gasteiger partial charge is 0.0583 e. The van der Waals surface area contributed by atoms with E-state index in [9.17, 15) is 0 Å². The van der Waals surface area contributed by atoms with Gasteiger partial charge in [-0.05, 0) is 100 Å². The van der Waals surface area contributed by atoms with Crippen LogP contribution < -0.4 is 9.80 Å². The topological polar surface area (TPSA) is 11.4 Å². The lowest BCUT2D eigenvalue weighted by atomic mass is 9.82. The molecule has 0 radical (unpaired) electrons. The van der Waals surface area contributed by atoms with Gasteiger partial charge in [-0.1, -0.05) is 153 Å². The van der Waals surface area contributed by atoms with E-state index in [4.69, 9.17) is 0 Å².